The summed E-state index contributed by atoms with van der Waals surface area (Å²) in [5, 5.41) is 3.25. The first-order chi connectivity index (χ1) is 14.4. The summed E-state index contributed by atoms with van der Waals surface area (Å²) in [4.78, 5) is 23.9. The second-order valence-corrected chi connectivity index (χ2v) is 7.74. The third-order valence-corrected chi connectivity index (χ3v) is 5.50. The van der Waals surface area contributed by atoms with Gasteiger partial charge in [0.05, 0.1) is 12.6 Å². The number of cyclic esters (lactones) is 1. The summed E-state index contributed by atoms with van der Waals surface area (Å²) in [6.07, 6.45) is 1.06. The van der Waals surface area contributed by atoms with E-state index in [1.165, 1.54) is 4.90 Å². The Kier molecular flexibility index (Phi) is 5.80. The maximum absolute atomic E-state index is 13.3. The van der Waals surface area contributed by atoms with Crippen molar-refractivity contribution in [1.82, 2.24) is 14.9 Å². The molecule has 1 amide bonds. The number of nitrogens with zero attached hydrogens (tertiary/aromatic N) is 4. The lowest BCUT2D eigenvalue weighted by Gasteiger charge is -2.31. The van der Waals surface area contributed by atoms with Crippen LogP contribution >= 0.6 is 0 Å². The minimum atomic E-state index is -2.52. The van der Waals surface area contributed by atoms with Gasteiger partial charge >= 0.3 is 6.09 Å². The SMILES string of the molecule is CC(Nc1nccc(N2CCOC2=O)n1)c1ccc(CN2CCC(F)(F)CC2)cc1. The standard InChI is InChI=1S/C21H25F2N5O2/c1-15(25-19-24-9-6-18(26-19)28-12-13-30-20(28)29)17-4-2-16(3-5-17)14-27-10-7-21(22,23)8-11-27/h2-6,9,15H,7-8,10-14H2,1H3,(H,24,25,26). The zero-order valence-corrected chi connectivity index (χ0v) is 16.9. The first-order valence-electron chi connectivity index (χ1n) is 10.1. The Hall–Kier alpha value is -2.81. The Morgan fingerprint density at radius 1 is 1.17 bits per heavy atom. The lowest BCUT2D eigenvalue weighted by atomic mass is 10.0. The van der Waals surface area contributed by atoms with Gasteiger partial charge in [0.15, 0.2) is 0 Å². The van der Waals surface area contributed by atoms with E-state index in [-0.39, 0.29) is 18.9 Å². The molecular formula is C21H25F2N5O2. The molecule has 2 aliphatic rings. The van der Waals surface area contributed by atoms with Crippen LogP contribution in [0.5, 0.6) is 0 Å². The summed E-state index contributed by atoms with van der Waals surface area (Å²) in [7, 11) is 0. The minimum Gasteiger partial charge on any atom is -0.447 e. The summed E-state index contributed by atoms with van der Waals surface area (Å²) in [5.74, 6) is -1.58. The van der Waals surface area contributed by atoms with Gasteiger partial charge in [-0.2, -0.15) is 4.98 Å². The molecule has 0 aliphatic carbocycles. The molecule has 2 aromatic rings. The van der Waals surface area contributed by atoms with Gasteiger partial charge in [0.1, 0.15) is 12.4 Å². The largest absolute Gasteiger partial charge is 0.447 e. The van der Waals surface area contributed by atoms with Crippen molar-refractivity contribution in [3.63, 3.8) is 0 Å². The average molecular weight is 417 g/mol. The quantitative estimate of drug-likeness (QED) is 0.770. The van der Waals surface area contributed by atoms with Gasteiger partial charge in [-0.15, -0.1) is 0 Å². The molecule has 0 saturated carbocycles. The molecule has 1 aromatic heterocycles. The highest BCUT2D eigenvalue weighted by Crippen LogP contribution is 2.28. The first kappa shape index (κ1) is 20.5. The molecule has 2 saturated heterocycles. The first-order valence-corrected chi connectivity index (χ1v) is 10.1. The van der Waals surface area contributed by atoms with Crippen LogP contribution < -0.4 is 10.2 Å². The summed E-state index contributed by atoms with van der Waals surface area (Å²) < 4.78 is 31.6. The Labute approximate surface area is 174 Å². The fourth-order valence-electron chi connectivity index (χ4n) is 3.66. The van der Waals surface area contributed by atoms with Crippen molar-refractivity contribution in [2.24, 2.45) is 0 Å². The molecule has 2 aliphatic heterocycles. The van der Waals surface area contributed by atoms with Crippen molar-refractivity contribution < 1.29 is 18.3 Å². The molecule has 0 radical (unpaired) electrons. The van der Waals surface area contributed by atoms with Gasteiger partial charge in [-0.05, 0) is 24.1 Å². The molecule has 30 heavy (non-hydrogen) atoms. The second-order valence-electron chi connectivity index (χ2n) is 7.74. The molecule has 0 bridgehead atoms. The minimum absolute atomic E-state index is 0.0477. The number of ether oxygens (including phenoxy) is 1. The maximum atomic E-state index is 13.3. The van der Waals surface area contributed by atoms with E-state index in [1.807, 2.05) is 31.2 Å². The Morgan fingerprint density at radius 3 is 2.57 bits per heavy atom. The molecular weight excluding hydrogens is 392 g/mol. The zero-order chi connectivity index (χ0) is 21.1. The van der Waals surface area contributed by atoms with Gasteiger partial charge in [0, 0.05) is 38.7 Å². The highest BCUT2D eigenvalue weighted by molar-refractivity contribution is 5.88. The summed E-state index contributed by atoms with van der Waals surface area (Å²) in [6, 6.07) is 9.72. The van der Waals surface area contributed by atoms with Crippen LogP contribution in [-0.4, -0.2) is 53.1 Å². The number of aromatic nitrogens is 2. The van der Waals surface area contributed by atoms with Crippen LogP contribution in [0, 0.1) is 0 Å². The number of carbonyl (C=O) groups is 1. The fourth-order valence-corrected chi connectivity index (χ4v) is 3.66. The number of hydrogen-bond acceptors (Lipinski definition) is 6. The van der Waals surface area contributed by atoms with Crippen LogP contribution in [0.4, 0.5) is 25.3 Å². The van der Waals surface area contributed by atoms with E-state index in [1.54, 1.807) is 12.3 Å². The van der Waals surface area contributed by atoms with Crippen molar-refractivity contribution in [3.05, 3.63) is 47.7 Å². The van der Waals surface area contributed by atoms with E-state index in [9.17, 15) is 13.6 Å². The van der Waals surface area contributed by atoms with Crippen LogP contribution in [-0.2, 0) is 11.3 Å². The lowest BCUT2D eigenvalue weighted by Crippen LogP contribution is -2.38. The Balaban J connectivity index is 1.35. The van der Waals surface area contributed by atoms with Crippen molar-refractivity contribution in [1.29, 1.82) is 0 Å². The monoisotopic (exact) mass is 417 g/mol. The normalized spacial score (nSPS) is 20.1. The molecule has 1 aromatic carbocycles. The summed E-state index contributed by atoms with van der Waals surface area (Å²) in [6.45, 7) is 4.35. The number of alkyl halides is 2. The summed E-state index contributed by atoms with van der Waals surface area (Å²) >= 11 is 0. The van der Waals surface area contributed by atoms with E-state index in [2.05, 4.69) is 20.2 Å². The van der Waals surface area contributed by atoms with E-state index < -0.39 is 12.0 Å². The number of benzene rings is 1. The zero-order valence-electron chi connectivity index (χ0n) is 16.9. The predicted octanol–water partition coefficient (Wildman–Crippen LogP) is 3.84. The number of likely N-dealkylation sites (tertiary alicyclic amines) is 1. The van der Waals surface area contributed by atoms with Gasteiger partial charge in [-0.25, -0.2) is 18.6 Å². The van der Waals surface area contributed by atoms with Gasteiger partial charge in [-0.1, -0.05) is 24.3 Å². The van der Waals surface area contributed by atoms with Gasteiger partial charge in [0.25, 0.3) is 5.92 Å². The Bertz CT molecular complexity index is 883. The number of hydrogen-bond donors (Lipinski definition) is 1. The van der Waals surface area contributed by atoms with Gasteiger partial charge in [0.2, 0.25) is 5.95 Å². The average Bonchev–Trinajstić information content (AvgIpc) is 3.16. The highest BCUT2D eigenvalue weighted by atomic mass is 19.3. The van der Waals surface area contributed by atoms with Gasteiger partial charge in [-0.3, -0.25) is 9.80 Å². The third kappa shape index (κ3) is 4.84. The molecule has 9 heteroatoms. The van der Waals surface area contributed by atoms with Crippen LogP contribution in [0.2, 0.25) is 0 Å². The van der Waals surface area contributed by atoms with E-state index in [4.69, 9.17) is 4.74 Å². The Morgan fingerprint density at radius 2 is 1.90 bits per heavy atom. The molecule has 1 N–H and O–H groups in total. The van der Waals surface area contributed by atoms with Crippen LogP contribution in [0.25, 0.3) is 0 Å². The number of piperidine rings is 1. The number of amides is 1. The summed E-state index contributed by atoms with van der Waals surface area (Å²) in [5.41, 5.74) is 2.15. The number of nitrogens with one attached hydrogen (secondary N) is 1. The molecule has 1 unspecified atom stereocenters. The molecule has 2 fully saturated rings. The number of carbonyl (C=O) groups excluding carboxylic acids is 1. The van der Waals surface area contributed by atoms with Crippen molar-refractivity contribution in [3.8, 4) is 0 Å². The number of rotatable bonds is 6. The molecule has 160 valence electrons. The lowest BCUT2D eigenvalue weighted by molar-refractivity contribution is -0.0566. The molecule has 0 spiro atoms. The second kappa shape index (κ2) is 8.51. The fraction of sp³-hybridized carbons (Fsp3) is 0.476. The van der Waals surface area contributed by atoms with E-state index >= 15 is 0 Å². The van der Waals surface area contributed by atoms with Gasteiger partial charge < -0.3 is 10.1 Å². The molecule has 3 heterocycles. The smallest absolute Gasteiger partial charge is 0.415 e. The van der Waals surface area contributed by atoms with E-state index in [0.717, 1.165) is 11.1 Å². The molecule has 7 nitrogen and oxygen atoms in total. The number of anilines is 2. The third-order valence-electron chi connectivity index (χ3n) is 5.50. The maximum Gasteiger partial charge on any atom is 0.415 e. The molecule has 1 atom stereocenters. The molecule has 4 rings (SSSR count). The van der Waals surface area contributed by atoms with Crippen molar-refractivity contribution in [2.75, 3.05) is 36.5 Å². The van der Waals surface area contributed by atoms with E-state index in [0.29, 0.717) is 44.6 Å². The van der Waals surface area contributed by atoms with Crippen molar-refractivity contribution in [2.45, 2.75) is 38.3 Å². The predicted molar refractivity (Wildman–Crippen MR) is 109 cm³/mol. The van der Waals surface area contributed by atoms with Crippen LogP contribution in [0.1, 0.15) is 36.9 Å². The number of halogens is 2. The van der Waals surface area contributed by atoms with Crippen LogP contribution in [0.15, 0.2) is 36.5 Å². The van der Waals surface area contributed by atoms with Crippen LogP contribution in [0.3, 0.4) is 0 Å². The highest BCUT2D eigenvalue weighted by Gasteiger charge is 2.33. The van der Waals surface area contributed by atoms with Crippen molar-refractivity contribution >= 4 is 17.9 Å². The topological polar surface area (TPSA) is 70.6 Å².